The normalized spacial score (nSPS) is 16.1. The van der Waals surface area contributed by atoms with Crippen molar-refractivity contribution >= 4 is 17.6 Å². The van der Waals surface area contributed by atoms with E-state index in [0.29, 0.717) is 13.2 Å². The predicted octanol–water partition coefficient (Wildman–Crippen LogP) is 2.44. The van der Waals surface area contributed by atoms with Gasteiger partial charge >= 0.3 is 5.97 Å². The topological polar surface area (TPSA) is 66.8 Å². The summed E-state index contributed by atoms with van der Waals surface area (Å²) < 4.78 is 5.01. The van der Waals surface area contributed by atoms with Crippen LogP contribution < -0.4 is 4.90 Å². The third-order valence-corrected chi connectivity index (χ3v) is 3.97. The number of benzene rings is 1. The predicted molar refractivity (Wildman–Crippen MR) is 79.9 cm³/mol. The molecule has 5 nitrogen and oxygen atoms in total. The number of methoxy groups -OCH3 is 1. The standard InChI is InChI=1S/C16H21NO4/c1-16(2)12-7-6-11(14(18)19)10-13(12)17(15(16)20)8-4-5-9-21-3/h6-7,10H,4-5,8-9H2,1-3H3,(H,18,19). The summed E-state index contributed by atoms with van der Waals surface area (Å²) in [6, 6.07) is 4.91. The largest absolute Gasteiger partial charge is 0.478 e. The van der Waals surface area contributed by atoms with Crippen LogP contribution in [0.25, 0.3) is 0 Å². The van der Waals surface area contributed by atoms with Crippen LogP contribution in [0, 0.1) is 0 Å². The summed E-state index contributed by atoms with van der Waals surface area (Å²) in [6.45, 7) is 5.00. The zero-order chi connectivity index (χ0) is 15.6. The average molecular weight is 291 g/mol. The molecule has 0 spiro atoms. The number of aromatic carboxylic acids is 1. The van der Waals surface area contributed by atoms with Crippen LogP contribution in [-0.2, 0) is 14.9 Å². The van der Waals surface area contributed by atoms with Crippen molar-refractivity contribution in [3.8, 4) is 0 Å². The fraction of sp³-hybridized carbons (Fsp3) is 0.500. The first-order chi connectivity index (χ1) is 9.89. The summed E-state index contributed by atoms with van der Waals surface area (Å²) in [7, 11) is 1.65. The van der Waals surface area contributed by atoms with Crippen LogP contribution >= 0.6 is 0 Å². The first-order valence-electron chi connectivity index (χ1n) is 7.08. The van der Waals surface area contributed by atoms with Crippen LogP contribution in [0.2, 0.25) is 0 Å². The molecule has 1 amide bonds. The van der Waals surface area contributed by atoms with Crippen LogP contribution in [0.15, 0.2) is 18.2 Å². The van der Waals surface area contributed by atoms with Crippen molar-refractivity contribution in [1.29, 1.82) is 0 Å². The zero-order valence-corrected chi connectivity index (χ0v) is 12.7. The van der Waals surface area contributed by atoms with E-state index in [1.165, 1.54) is 0 Å². The van der Waals surface area contributed by atoms with Crippen molar-refractivity contribution in [3.63, 3.8) is 0 Å². The number of carboxylic acid groups (broad SMARTS) is 1. The second-order valence-corrected chi connectivity index (χ2v) is 5.82. The lowest BCUT2D eigenvalue weighted by molar-refractivity contribution is -0.122. The van der Waals surface area contributed by atoms with Gasteiger partial charge in [0.2, 0.25) is 5.91 Å². The Morgan fingerprint density at radius 3 is 2.67 bits per heavy atom. The van der Waals surface area contributed by atoms with Gasteiger partial charge in [-0.3, -0.25) is 4.79 Å². The van der Waals surface area contributed by atoms with Gasteiger partial charge in [-0.25, -0.2) is 4.79 Å². The number of carbonyl (C=O) groups is 2. The quantitative estimate of drug-likeness (QED) is 0.817. The summed E-state index contributed by atoms with van der Waals surface area (Å²) in [5.41, 5.74) is 1.22. The van der Waals surface area contributed by atoms with Crippen molar-refractivity contribution in [2.45, 2.75) is 32.1 Å². The van der Waals surface area contributed by atoms with Gasteiger partial charge in [0.15, 0.2) is 0 Å². The number of unbranched alkanes of at least 4 members (excludes halogenated alkanes) is 1. The average Bonchev–Trinajstić information content (AvgIpc) is 2.63. The summed E-state index contributed by atoms with van der Waals surface area (Å²) in [5, 5.41) is 9.12. The molecule has 2 rings (SSSR count). The SMILES string of the molecule is COCCCCN1C(=O)C(C)(C)c2ccc(C(=O)O)cc21. The van der Waals surface area contributed by atoms with Crippen molar-refractivity contribution in [3.05, 3.63) is 29.3 Å². The number of carbonyl (C=O) groups excluding carboxylic acids is 1. The van der Waals surface area contributed by atoms with E-state index in [1.807, 2.05) is 13.8 Å². The van der Waals surface area contributed by atoms with Gasteiger partial charge < -0.3 is 14.7 Å². The summed E-state index contributed by atoms with van der Waals surface area (Å²) in [6.07, 6.45) is 1.70. The number of ether oxygens (including phenoxy) is 1. The molecule has 114 valence electrons. The lowest BCUT2D eigenvalue weighted by atomic mass is 9.86. The summed E-state index contributed by atoms with van der Waals surface area (Å²) in [5.74, 6) is -0.952. The minimum atomic E-state index is -0.978. The fourth-order valence-corrected chi connectivity index (χ4v) is 2.72. The van der Waals surface area contributed by atoms with E-state index < -0.39 is 11.4 Å². The van der Waals surface area contributed by atoms with Crippen LogP contribution in [0.5, 0.6) is 0 Å². The third kappa shape index (κ3) is 2.78. The maximum absolute atomic E-state index is 12.6. The molecule has 1 aliphatic heterocycles. The van der Waals surface area contributed by atoms with Crippen molar-refractivity contribution < 1.29 is 19.4 Å². The molecule has 0 saturated carbocycles. The van der Waals surface area contributed by atoms with Gasteiger partial charge in [-0.2, -0.15) is 0 Å². The number of amides is 1. The highest BCUT2D eigenvalue weighted by Crippen LogP contribution is 2.42. The van der Waals surface area contributed by atoms with E-state index in [-0.39, 0.29) is 11.5 Å². The Balaban J connectivity index is 2.29. The van der Waals surface area contributed by atoms with Crippen molar-refractivity contribution in [2.24, 2.45) is 0 Å². The monoisotopic (exact) mass is 291 g/mol. The van der Waals surface area contributed by atoms with Crippen molar-refractivity contribution in [2.75, 3.05) is 25.2 Å². The minimum absolute atomic E-state index is 0.0254. The molecule has 0 atom stereocenters. The zero-order valence-electron chi connectivity index (χ0n) is 12.7. The molecule has 1 N–H and O–H groups in total. The van der Waals surface area contributed by atoms with E-state index >= 15 is 0 Å². The summed E-state index contributed by atoms with van der Waals surface area (Å²) in [4.78, 5) is 25.4. The lowest BCUT2D eigenvalue weighted by Crippen LogP contribution is -2.36. The Morgan fingerprint density at radius 2 is 2.05 bits per heavy atom. The number of hydrogen-bond donors (Lipinski definition) is 1. The molecule has 1 aromatic carbocycles. The highest BCUT2D eigenvalue weighted by atomic mass is 16.5. The second kappa shape index (κ2) is 5.85. The van der Waals surface area contributed by atoms with Crippen LogP contribution in [-0.4, -0.2) is 37.2 Å². The Kier molecular flexibility index (Phi) is 4.32. The van der Waals surface area contributed by atoms with Gasteiger partial charge in [0, 0.05) is 25.9 Å². The molecule has 0 fully saturated rings. The van der Waals surface area contributed by atoms with Crippen LogP contribution in [0.4, 0.5) is 5.69 Å². The number of rotatable bonds is 6. The number of fused-ring (bicyclic) bond motifs is 1. The molecule has 0 aliphatic carbocycles. The minimum Gasteiger partial charge on any atom is -0.478 e. The van der Waals surface area contributed by atoms with Crippen LogP contribution in [0.1, 0.15) is 42.6 Å². The summed E-state index contributed by atoms with van der Waals surface area (Å²) >= 11 is 0. The maximum atomic E-state index is 12.6. The second-order valence-electron chi connectivity index (χ2n) is 5.82. The molecular weight excluding hydrogens is 270 g/mol. The molecular formula is C16H21NO4. The molecule has 1 aliphatic rings. The van der Waals surface area contributed by atoms with E-state index in [2.05, 4.69) is 0 Å². The Hall–Kier alpha value is -1.88. The molecule has 21 heavy (non-hydrogen) atoms. The number of carboxylic acids is 1. The molecule has 1 heterocycles. The molecule has 0 aromatic heterocycles. The molecule has 1 aromatic rings. The molecule has 0 saturated heterocycles. The Morgan fingerprint density at radius 1 is 1.33 bits per heavy atom. The first-order valence-corrected chi connectivity index (χ1v) is 7.08. The smallest absolute Gasteiger partial charge is 0.335 e. The van der Waals surface area contributed by atoms with E-state index in [4.69, 9.17) is 9.84 Å². The van der Waals surface area contributed by atoms with E-state index in [9.17, 15) is 9.59 Å². The van der Waals surface area contributed by atoms with Gasteiger partial charge in [0.1, 0.15) is 0 Å². The van der Waals surface area contributed by atoms with Crippen LogP contribution in [0.3, 0.4) is 0 Å². The molecule has 5 heteroatoms. The number of nitrogens with zero attached hydrogens (tertiary/aromatic N) is 1. The Bertz CT molecular complexity index is 565. The Labute approximate surface area is 124 Å². The van der Waals surface area contributed by atoms with E-state index in [1.54, 1.807) is 30.2 Å². The fourth-order valence-electron chi connectivity index (χ4n) is 2.72. The number of anilines is 1. The number of hydrogen-bond acceptors (Lipinski definition) is 3. The first kappa shape index (κ1) is 15.5. The highest BCUT2D eigenvalue weighted by molar-refractivity contribution is 6.08. The highest BCUT2D eigenvalue weighted by Gasteiger charge is 2.43. The third-order valence-electron chi connectivity index (χ3n) is 3.97. The maximum Gasteiger partial charge on any atom is 0.335 e. The van der Waals surface area contributed by atoms with Gasteiger partial charge in [0.25, 0.3) is 0 Å². The van der Waals surface area contributed by atoms with Gasteiger partial charge in [-0.1, -0.05) is 6.07 Å². The van der Waals surface area contributed by atoms with Gasteiger partial charge in [0.05, 0.1) is 11.0 Å². The molecule has 0 bridgehead atoms. The molecule has 0 radical (unpaired) electrons. The van der Waals surface area contributed by atoms with E-state index in [0.717, 1.165) is 24.1 Å². The van der Waals surface area contributed by atoms with Gasteiger partial charge in [-0.05, 0) is 44.4 Å². The molecule has 0 unspecified atom stereocenters. The van der Waals surface area contributed by atoms with Crippen molar-refractivity contribution in [1.82, 2.24) is 0 Å². The van der Waals surface area contributed by atoms with Gasteiger partial charge in [-0.15, -0.1) is 0 Å². The lowest BCUT2D eigenvalue weighted by Gasteiger charge is -2.20.